The summed E-state index contributed by atoms with van der Waals surface area (Å²) in [6, 6.07) is 16.7. The van der Waals surface area contributed by atoms with Gasteiger partial charge in [0, 0.05) is 32.8 Å². The van der Waals surface area contributed by atoms with Gasteiger partial charge in [0.15, 0.2) is 0 Å². The van der Waals surface area contributed by atoms with Gasteiger partial charge < -0.3 is 10.6 Å². The molecule has 0 saturated carbocycles. The molecule has 0 heterocycles. The molecule has 7 nitrogen and oxygen atoms in total. The van der Waals surface area contributed by atoms with E-state index in [0.717, 1.165) is 4.90 Å². The van der Waals surface area contributed by atoms with Gasteiger partial charge in [0.05, 0.1) is 15.9 Å². The molecule has 0 spiro atoms. The van der Waals surface area contributed by atoms with Crippen molar-refractivity contribution < 1.29 is 18.9 Å². The molecule has 170 valence electrons. The highest BCUT2D eigenvalue weighted by atomic mass is 79.9. The maximum absolute atomic E-state index is 14.1. The van der Waals surface area contributed by atoms with E-state index in [1.807, 2.05) is 13.0 Å². The molecule has 1 atom stereocenters. The van der Waals surface area contributed by atoms with E-state index in [9.17, 15) is 24.1 Å². The Bertz CT molecular complexity index is 1190. The van der Waals surface area contributed by atoms with E-state index in [1.54, 1.807) is 24.3 Å². The minimum absolute atomic E-state index is 0.100. The Morgan fingerprint density at radius 3 is 2.45 bits per heavy atom. The summed E-state index contributed by atoms with van der Waals surface area (Å²) in [5.74, 6) is -1.28. The van der Waals surface area contributed by atoms with Crippen LogP contribution in [0.5, 0.6) is 0 Å². The number of carbonyl (C=O) groups is 2. The lowest BCUT2D eigenvalue weighted by molar-refractivity contribution is -0.384. The number of hydrogen-bond donors (Lipinski definition) is 2. The Morgan fingerprint density at radius 1 is 1.09 bits per heavy atom. The molecule has 0 bridgehead atoms. The molecule has 33 heavy (non-hydrogen) atoms. The molecular weight excluding hydrogens is 513 g/mol. The lowest BCUT2D eigenvalue weighted by Gasteiger charge is -2.16. The van der Waals surface area contributed by atoms with Gasteiger partial charge in [-0.3, -0.25) is 19.7 Å². The lowest BCUT2D eigenvalue weighted by Crippen LogP contribution is -2.25. The van der Waals surface area contributed by atoms with Crippen LogP contribution in [0, 0.1) is 15.9 Å². The SMILES string of the molecule is CCC(Sc1cccc(NC(=O)c2ccc([N+](=O)[O-])cc2)c1)C(=O)Nc1ccc(Br)cc1F. The second-order valence-corrected chi connectivity index (χ2v) is 9.11. The molecule has 0 aliphatic heterocycles. The normalized spacial score (nSPS) is 11.5. The fourth-order valence-corrected chi connectivity index (χ4v) is 4.22. The zero-order valence-electron chi connectivity index (χ0n) is 17.4. The first-order valence-electron chi connectivity index (χ1n) is 9.85. The lowest BCUT2D eigenvalue weighted by atomic mass is 10.2. The summed E-state index contributed by atoms with van der Waals surface area (Å²) < 4.78 is 14.6. The van der Waals surface area contributed by atoms with Gasteiger partial charge in [-0.05, 0) is 55.0 Å². The molecule has 0 radical (unpaired) electrons. The van der Waals surface area contributed by atoms with Gasteiger partial charge >= 0.3 is 0 Å². The minimum Gasteiger partial charge on any atom is -0.323 e. The Kier molecular flexibility index (Phi) is 8.18. The highest BCUT2D eigenvalue weighted by Crippen LogP contribution is 2.29. The largest absolute Gasteiger partial charge is 0.323 e. The first kappa shape index (κ1) is 24.4. The van der Waals surface area contributed by atoms with Crippen LogP contribution >= 0.6 is 27.7 Å². The Morgan fingerprint density at radius 2 is 1.82 bits per heavy atom. The van der Waals surface area contributed by atoms with Gasteiger partial charge in [-0.15, -0.1) is 11.8 Å². The number of nitrogens with zero attached hydrogens (tertiary/aromatic N) is 1. The van der Waals surface area contributed by atoms with Crippen molar-refractivity contribution in [2.24, 2.45) is 0 Å². The number of thioether (sulfide) groups is 1. The van der Waals surface area contributed by atoms with E-state index in [0.29, 0.717) is 16.6 Å². The monoisotopic (exact) mass is 531 g/mol. The summed E-state index contributed by atoms with van der Waals surface area (Å²) in [5, 5.41) is 15.6. The Balaban J connectivity index is 1.66. The van der Waals surface area contributed by atoms with Crippen LogP contribution < -0.4 is 10.6 Å². The van der Waals surface area contributed by atoms with E-state index in [2.05, 4.69) is 26.6 Å². The standard InChI is InChI=1S/C23H19BrFN3O4S/c1-2-21(23(30)27-20-11-8-15(24)12-19(20)25)33-18-5-3-4-16(13-18)26-22(29)14-6-9-17(10-7-14)28(31)32/h3-13,21H,2H2,1H3,(H,26,29)(H,27,30). The molecule has 2 amide bonds. The van der Waals surface area contributed by atoms with Gasteiger partial charge in [-0.2, -0.15) is 0 Å². The molecule has 1 unspecified atom stereocenters. The molecular formula is C23H19BrFN3O4S. The fraction of sp³-hybridized carbons (Fsp3) is 0.130. The van der Waals surface area contributed by atoms with Crippen LogP contribution in [-0.4, -0.2) is 22.0 Å². The van der Waals surface area contributed by atoms with Crippen molar-refractivity contribution in [2.75, 3.05) is 10.6 Å². The van der Waals surface area contributed by atoms with Gasteiger partial charge in [0.1, 0.15) is 5.82 Å². The Labute approximate surface area is 202 Å². The smallest absolute Gasteiger partial charge is 0.269 e. The number of anilines is 2. The third-order valence-corrected chi connectivity index (χ3v) is 6.41. The second-order valence-electron chi connectivity index (χ2n) is 6.91. The zero-order chi connectivity index (χ0) is 24.0. The summed E-state index contributed by atoms with van der Waals surface area (Å²) in [7, 11) is 0. The van der Waals surface area contributed by atoms with Crippen molar-refractivity contribution >= 4 is 56.6 Å². The number of hydrogen-bond acceptors (Lipinski definition) is 5. The molecule has 2 N–H and O–H groups in total. The number of nitro groups is 1. The number of non-ortho nitro benzene ring substituents is 1. The number of halogens is 2. The molecule has 10 heteroatoms. The Hall–Kier alpha value is -3.24. The van der Waals surface area contributed by atoms with Crippen molar-refractivity contribution in [3.63, 3.8) is 0 Å². The molecule has 0 aliphatic carbocycles. The predicted molar refractivity (Wildman–Crippen MR) is 130 cm³/mol. The highest BCUT2D eigenvalue weighted by Gasteiger charge is 2.20. The van der Waals surface area contributed by atoms with Gasteiger partial charge in [-0.1, -0.05) is 28.9 Å². The summed E-state index contributed by atoms with van der Waals surface area (Å²) in [5.41, 5.74) is 0.793. The summed E-state index contributed by atoms with van der Waals surface area (Å²) >= 11 is 4.48. The van der Waals surface area contributed by atoms with E-state index in [-0.39, 0.29) is 22.8 Å². The van der Waals surface area contributed by atoms with Gasteiger partial charge in [-0.25, -0.2) is 4.39 Å². The van der Waals surface area contributed by atoms with Crippen LogP contribution in [0.1, 0.15) is 23.7 Å². The maximum atomic E-state index is 14.1. The van der Waals surface area contributed by atoms with E-state index >= 15 is 0 Å². The third-order valence-electron chi connectivity index (χ3n) is 4.56. The minimum atomic E-state index is -0.534. The van der Waals surface area contributed by atoms with E-state index in [1.165, 1.54) is 48.2 Å². The average Bonchev–Trinajstić information content (AvgIpc) is 2.79. The van der Waals surface area contributed by atoms with Crippen LogP contribution in [0.2, 0.25) is 0 Å². The number of amides is 2. The molecule has 0 aromatic heterocycles. The van der Waals surface area contributed by atoms with Crippen molar-refractivity contribution in [1.29, 1.82) is 0 Å². The maximum Gasteiger partial charge on any atom is 0.269 e. The first-order valence-corrected chi connectivity index (χ1v) is 11.5. The summed E-state index contributed by atoms with van der Waals surface area (Å²) in [6.45, 7) is 1.86. The highest BCUT2D eigenvalue weighted by molar-refractivity contribution is 9.10. The predicted octanol–water partition coefficient (Wildman–Crippen LogP) is 6.26. The molecule has 0 fully saturated rings. The molecule has 3 aromatic rings. The summed E-state index contributed by atoms with van der Waals surface area (Å²) in [6.07, 6.45) is 0.508. The van der Waals surface area contributed by atoms with Crippen LogP contribution in [0.25, 0.3) is 0 Å². The number of nitrogens with one attached hydrogen (secondary N) is 2. The van der Waals surface area contributed by atoms with Crippen LogP contribution in [0.15, 0.2) is 76.1 Å². The van der Waals surface area contributed by atoms with Crippen LogP contribution in [-0.2, 0) is 4.79 Å². The number of benzene rings is 3. The van der Waals surface area contributed by atoms with Crippen molar-refractivity contribution in [2.45, 2.75) is 23.5 Å². The number of nitro benzene ring substituents is 1. The molecule has 0 aliphatic rings. The number of carbonyl (C=O) groups excluding carboxylic acids is 2. The molecule has 3 rings (SSSR count). The first-order chi connectivity index (χ1) is 15.8. The van der Waals surface area contributed by atoms with Crippen LogP contribution in [0.4, 0.5) is 21.5 Å². The van der Waals surface area contributed by atoms with Gasteiger partial charge in [0.2, 0.25) is 5.91 Å². The van der Waals surface area contributed by atoms with Gasteiger partial charge in [0.25, 0.3) is 11.6 Å². The average molecular weight is 532 g/mol. The quantitative estimate of drug-likeness (QED) is 0.203. The second kappa shape index (κ2) is 11.1. The van der Waals surface area contributed by atoms with E-state index < -0.39 is 21.9 Å². The molecule has 0 saturated heterocycles. The zero-order valence-corrected chi connectivity index (χ0v) is 19.8. The molecule has 3 aromatic carbocycles. The third kappa shape index (κ3) is 6.62. The summed E-state index contributed by atoms with van der Waals surface area (Å²) in [4.78, 5) is 36.1. The number of rotatable bonds is 8. The van der Waals surface area contributed by atoms with Crippen LogP contribution in [0.3, 0.4) is 0 Å². The topological polar surface area (TPSA) is 101 Å². The van der Waals surface area contributed by atoms with E-state index in [4.69, 9.17) is 0 Å². The van der Waals surface area contributed by atoms with Crippen molar-refractivity contribution in [3.8, 4) is 0 Å². The van der Waals surface area contributed by atoms with Crippen molar-refractivity contribution in [3.05, 3.63) is 92.7 Å². The van der Waals surface area contributed by atoms with Crippen molar-refractivity contribution in [1.82, 2.24) is 0 Å². The fourth-order valence-electron chi connectivity index (χ4n) is 2.88.